The molecule has 1 aliphatic heterocycles. The number of aromatic nitrogens is 2. The Morgan fingerprint density at radius 1 is 1.35 bits per heavy atom. The fourth-order valence-electron chi connectivity index (χ4n) is 3.11. The van der Waals surface area contributed by atoms with Crippen molar-refractivity contribution in [1.82, 2.24) is 10.2 Å². The Morgan fingerprint density at radius 2 is 2.15 bits per heavy atom. The molecule has 26 heavy (non-hydrogen) atoms. The predicted molar refractivity (Wildman–Crippen MR) is 98.8 cm³/mol. The maximum atomic E-state index is 9.70. The zero-order valence-electron chi connectivity index (χ0n) is 14.0. The molecule has 1 aromatic carbocycles. The van der Waals surface area contributed by atoms with Crippen LogP contribution in [0.25, 0.3) is 10.6 Å². The van der Waals surface area contributed by atoms with Crippen molar-refractivity contribution in [3.63, 3.8) is 0 Å². The molecule has 3 N–H and O–H groups in total. The Labute approximate surface area is 154 Å². The van der Waals surface area contributed by atoms with Gasteiger partial charge in [0.1, 0.15) is 17.4 Å². The van der Waals surface area contributed by atoms with E-state index in [9.17, 15) is 5.26 Å². The van der Waals surface area contributed by atoms with Crippen molar-refractivity contribution in [3.8, 4) is 28.3 Å². The quantitative estimate of drug-likeness (QED) is 0.735. The number of nitriles is 1. The number of rotatable bonds is 4. The van der Waals surface area contributed by atoms with Gasteiger partial charge in [0.25, 0.3) is 0 Å². The minimum atomic E-state index is -0.352. The van der Waals surface area contributed by atoms with Gasteiger partial charge < -0.3 is 15.2 Å². The number of allylic oxidation sites excluding steroid dienone is 1. The summed E-state index contributed by atoms with van der Waals surface area (Å²) >= 11 is 1.59. The van der Waals surface area contributed by atoms with E-state index < -0.39 is 0 Å². The fraction of sp³-hybridized carbons (Fsp3) is 0.158. The van der Waals surface area contributed by atoms with Crippen LogP contribution in [0.2, 0.25) is 0 Å². The van der Waals surface area contributed by atoms with Crippen LogP contribution in [0.5, 0.6) is 11.6 Å². The highest BCUT2D eigenvalue weighted by Crippen LogP contribution is 2.46. The largest absolute Gasteiger partial charge is 0.494 e. The summed E-state index contributed by atoms with van der Waals surface area (Å²) in [5.74, 6) is 0.923. The molecular formula is C19H16N4O2S. The molecule has 3 heterocycles. The van der Waals surface area contributed by atoms with Gasteiger partial charge in [-0.05, 0) is 36.1 Å². The number of H-pyrrole nitrogens is 1. The zero-order chi connectivity index (χ0) is 18.1. The van der Waals surface area contributed by atoms with Gasteiger partial charge in [-0.15, -0.1) is 16.4 Å². The number of ether oxygens (including phenoxy) is 2. The van der Waals surface area contributed by atoms with Crippen LogP contribution >= 0.6 is 11.3 Å². The normalized spacial score (nSPS) is 15.9. The van der Waals surface area contributed by atoms with Crippen LogP contribution < -0.4 is 15.2 Å². The van der Waals surface area contributed by atoms with Gasteiger partial charge in [-0.2, -0.15) is 5.26 Å². The third-order valence-electron chi connectivity index (χ3n) is 4.23. The minimum Gasteiger partial charge on any atom is -0.494 e. The molecule has 130 valence electrons. The summed E-state index contributed by atoms with van der Waals surface area (Å²) in [5, 5.41) is 19.0. The van der Waals surface area contributed by atoms with Gasteiger partial charge in [-0.3, -0.25) is 5.10 Å². The molecule has 7 heteroatoms. The molecule has 3 aromatic rings. The number of nitrogens with two attached hydrogens (primary N) is 1. The van der Waals surface area contributed by atoms with E-state index in [0.29, 0.717) is 18.1 Å². The first kappa shape index (κ1) is 16.2. The third kappa shape index (κ3) is 2.61. The molecule has 0 bridgehead atoms. The van der Waals surface area contributed by atoms with E-state index in [2.05, 4.69) is 16.3 Å². The summed E-state index contributed by atoms with van der Waals surface area (Å²) in [6.45, 7) is 2.54. The average Bonchev–Trinajstić information content (AvgIpc) is 3.31. The molecule has 0 saturated heterocycles. The summed E-state index contributed by atoms with van der Waals surface area (Å²) in [6.07, 6.45) is 0. The Morgan fingerprint density at radius 3 is 2.81 bits per heavy atom. The lowest BCUT2D eigenvalue weighted by Crippen LogP contribution is -2.20. The SMILES string of the molecule is CCOc1ccc([C@@H]2C(C#N)=C(N)Oc3n[nH]c(-c4cccs4)c32)cc1. The van der Waals surface area contributed by atoms with E-state index in [1.807, 2.05) is 48.7 Å². The number of nitrogens with one attached hydrogen (secondary N) is 1. The summed E-state index contributed by atoms with van der Waals surface area (Å²) in [5.41, 5.74) is 8.96. The molecule has 0 amide bonds. The molecule has 0 spiro atoms. The first-order chi connectivity index (χ1) is 12.7. The van der Waals surface area contributed by atoms with Crippen molar-refractivity contribution in [3.05, 3.63) is 64.4 Å². The van der Waals surface area contributed by atoms with E-state index in [4.69, 9.17) is 15.2 Å². The van der Waals surface area contributed by atoms with Gasteiger partial charge in [-0.25, -0.2) is 0 Å². The molecule has 6 nitrogen and oxygen atoms in total. The predicted octanol–water partition coefficient (Wildman–Crippen LogP) is 3.76. The maximum Gasteiger partial charge on any atom is 0.244 e. The molecule has 1 aliphatic rings. The van der Waals surface area contributed by atoms with Gasteiger partial charge >= 0.3 is 0 Å². The van der Waals surface area contributed by atoms with E-state index in [1.54, 1.807) is 11.3 Å². The summed E-state index contributed by atoms with van der Waals surface area (Å²) < 4.78 is 11.1. The van der Waals surface area contributed by atoms with Gasteiger partial charge in [0.2, 0.25) is 11.8 Å². The fourth-order valence-corrected chi connectivity index (χ4v) is 3.84. The second kappa shape index (κ2) is 6.58. The van der Waals surface area contributed by atoms with Crippen LogP contribution in [0.3, 0.4) is 0 Å². The topological polar surface area (TPSA) is 96.9 Å². The standard InChI is InChI=1S/C19H16N4O2S/c1-2-24-12-7-5-11(6-8-12)15-13(10-20)18(21)25-19-16(15)17(22-23-19)14-4-3-9-26-14/h3-9,15H,2,21H2,1H3,(H,22,23)/t15-/m1/s1. The Balaban J connectivity index is 1.87. The highest BCUT2D eigenvalue weighted by molar-refractivity contribution is 7.13. The lowest BCUT2D eigenvalue weighted by atomic mass is 9.84. The van der Waals surface area contributed by atoms with Crippen LogP contribution in [-0.2, 0) is 0 Å². The van der Waals surface area contributed by atoms with Crippen molar-refractivity contribution >= 4 is 11.3 Å². The van der Waals surface area contributed by atoms with Crippen molar-refractivity contribution in [2.75, 3.05) is 6.61 Å². The van der Waals surface area contributed by atoms with Gasteiger partial charge in [-0.1, -0.05) is 18.2 Å². The van der Waals surface area contributed by atoms with E-state index in [0.717, 1.165) is 27.4 Å². The molecule has 1 atom stereocenters. The molecule has 2 aromatic heterocycles. The smallest absolute Gasteiger partial charge is 0.244 e. The zero-order valence-corrected chi connectivity index (χ0v) is 14.8. The number of thiophene rings is 1. The Bertz CT molecular complexity index is 997. The van der Waals surface area contributed by atoms with Crippen LogP contribution in [0.4, 0.5) is 0 Å². The van der Waals surface area contributed by atoms with Crippen LogP contribution in [0.15, 0.2) is 53.2 Å². The van der Waals surface area contributed by atoms with E-state index >= 15 is 0 Å². The number of aromatic amines is 1. The number of hydrogen-bond donors (Lipinski definition) is 2. The minimum absolute atomic E-state index is 0.0862. The van der Waals surface area contributed by atoms with Crippen molar-refractivity contribution in [1.29, 1.82) is 5.26 Å². The number of benzene rings is 1. The second-order valence-corrected chi connectivity index (χ2v) is 6.67. The lowest BCUT2D eigenvalue weighted by Gasteiger charge is -2.24. The second-order valence-electron chi connectivity index (χ2n) is 5.72. The van der Waals surface area contributed by atoms with E-state index in [1.165, 1.54) is 0 Å². The maximum absolute atomic E-state index is 9.70. The van der Waals surface area contributed by atoms with Crippen molar-refractivity contribution < 1.29 is 9.47 Å². The summed E-state index contributed by atoms with van der Waals surface area (Å²) in [7, 11) is 0. The highest BCUT2D eigenvalue weighted by Gasteiger charge is 2.35. The van der Waals surface area contributed by atoms with Gasteiger partial charge in [0.15, 0.2) is 0 Å². The monoisotopic (exact) mass is 364 g/mol. The Kier molecular flexibility index (Phi) is 4.11. The number of hydrogen-bond acceptors (Lipinski definition) is 6. The average molecular weight is 364 g/mol. The molecule has 0 fully saturated rings. The first-order valence-corrected chi connectivity index (χ1v) is 9.03. The van der Waals surface area contributed by atoms with Crippen molar-refractivity contribution in [2.24, 2.45) is 5.73 Å². The third-order valence-corrected chi connectivity index (χ3v) is 5.12. The lowest BCUT2D eigenvalue weighted by molar-refractivity contribution is 0.340. The van der Waals surface area contributed by atoms with Gasteiger partial charge in [0.05, 0.1) is 28.7 Å². The van der Waals surface area contributed by atoms with Crippen LogP contribution in [0, 0.1) is 11.3 Å². The van der Waals surface area contributed by atoms with Crippen LogP contribution in [-0.4, -0.2) is 16.8 Å². The molecular weight excluding hydrogens is 348 g/mol. The first-order valence-electron chi connectivity index (χ1n) is 8.15. The molecule has 0 aliphatic carbocycles. The Hall–Kier alpha value is -3.24. The van der Waals surface area contributed by atoms with Gasteiger partial charge in [0, 0.05) is 0 Å². The molecule has 0 saturated carbocycles. The molecule has 0 radical (unpaired) electrons. The van der Waals surface area contributed by atoms with E-state index in [-0.39, 0.29) is 11.8 Å². The molecule has 0 unspecified atom stereocenters. The number of fused-ring (bicyclic) bond motifs is 1. The molecule has 4 rings (SSSR count). The van der Waals surface area contributed by atoms with Crippen molar-refractivity contribution in [2.45, 2.75) is 12.8 Å². The highest BCUT2D eigenvalue weighted by atomic mass is 32.1. The van der Waals surface area contributed by atoms with Crippen LogP contribution in [0.1, 0.15) is 24.0 Å². The number of nitrogens with zero attached hydrogens (tertiary/aromatic N) is 2. The summed E-state index contributed by atoms with van der Waals surface area (Å²) in [6, 6.07) is 13.9. The summed E-state index contributed by atoms with van der Waals surface area (Å²) in [4.78, 5) is 1.02.